The highest BCUT2D eigenvalue weighted by Gasteiger charge is 2.06. The molecule has 31 heavy (non-hydrogen) atoms. The first-order chi connectivity index (χ1) is 15.0. The molecule has 0 aliphatic heterocycles. The van der Waals surface area contributed by atoms with Crippen LogP contribution in [0.5, 0.6) is 11.5 Å². The van der Waals surface area contributed by atoms with Gasteiger partial charge in [0.1, 0.15) is 18.1 Å². The van der Waals surface area contributed by atoms with Crippen molar-refractivity contribution in [1.82, 2.24) is 5.43 Å². The van der Waals surface area contributed by atoms with Crippen molar-refractivity contribution in [3.63, 3.8) is 0 Å². The second-order valence-corrected chi connectivity index (χ2v) is 8.02. The van der Waals surface area contributed by atoms with E-state index in [1.54, 1.807) is 30.5 Å². The fourth-order valence-electron chi connectivity index (χ4n) is 2.64. The van der Waals surface area contributed by atoms with Gasteiger partial charge in [-0.3, -0.25) is 4.79 Å². The third-order valence-corrected chi connectivity index (χ3v) is 4.98. The Bertz CT molecular complexity index is 1040. The van der Waals surface area contributed by atoms with Crippen molar-refractivity contribution in [3.05, 3.63) is 92.9 Å². The van der Waals surface area contributed by atoms with Crippen LogP contribution in [0, 0.1) is 0 Å². The molecule has 3 rings (SSSR count). The number of hydrogen-bond donors (Lipinski definition) is 1. The van der Waals surface area contributed by atoms with Gasteiger partial charge in [-0.25, -0.2) is 5.43 Å². The molecule has 0 saturated heterocycles. The topological polar surface area (TPSA) is 59.9 Å². The zero-order valence-electron chi connectivity index (χ0n) is 17.0. The molecule has 7 heteroatoms. The fourth-order valence-corrected chi connectivity index (χ4v) is 3.14. The first-order valence-corrected chi connectivity index (χ1v) is 11.0. The van der Waals surface area contributed by atoms with Crippen LogP contribution in [0.15, 0.2) is 76.3 Å². The van der Waals surface area contributed by atoms with Crippen molar-refractivity contribution in [2.24, 2.45) is 5.10 Å². The van der Waals surface area contributed by atoms with Crippen LogP contribution in [0.4, 0.5) is 0 Å². The molecule has 1 N–H and O–H groups in total. The van der Waals surface area contributed by atoms with Crippen LogP contribution in [-0.2, 0) is 6.61 Å². The maximum atomic E-state index is 12.4. The molecule has 0 atom stereocenters. The highest BCUT2D eigenvalue weighted by Crippen LogP contribution is 2.22. The fraction of sp³-hybridized carbons (Fsp3) is 0.167. The highest BCUT2D eigenvalue weighted by atomic mass is 79.9. The molecule has 0 heterocycles. The number of halogens is 2. The molecule has 0 saturated carbocycles. The lowest BCUT2D eigenvalue weighted by molar-refractivity contribution is 0.0955. The minimum Gasteiger partial charge on any atom is -0.493 e. The second-order valence-electron chi connectivity index (χ2n) is 6.67. The molecule has 0 unspecified atom stereocenters. The maximum absolute atomic E-state index is 12.4. The van der Waals surface area contributed by atoms with E-state index in [1.807, 2.05) is 49.4 Å². The van der Waals surface area contributed by atoms with Crippen molar-refractivity contribution in [3.8, 4) is 11.5 Å². The quantitative estimate of drug-likeness (QED) is 0.279. The molecule has 0 aromatic heterocycles. The third-order valence-electron chi connectivity index (χ3n) is 4.24. The van der Waals surface area contributed by atoms with Gasteiger partial charge < -0.3 is 9.47 Å². The normalized spacial score (nSPS) is 10.8. The summed E-state index contributed by atoms with van der Waals surface area (Å²) in [5.74, 6) is 1.07. The van der Waals surface area contributed by atoms with Gasteiger partial charge in [0.05, 0.1) is 12.8 Å². The molecule has 5 nitrogen and oxygen atoms in total. The minimum absolute atomic E-state index is 0.313. The van der Waals surface area contributed by atoms with Gasteiger partial charge in [0.2, 0.25) is 0 Å². The average Bonchev–Trinajstić information content (AvgIpc) is 2.78. The molecular formula is C24H22BrClN2O3. The zero-order chi connectivity index (χ0) is 22.1. The number of carbonyl (C=O) groups excluding carboxylic acids is 1. The van der Waals surface area contributed by atoms with Gasteiger partial charge in [0.15, 0.2) is 0 Å². The van der Waals surface area contributed by atoms with Gasteiger partial charge in [0.25, 0.3) is 5.91 Å². The summed E-state index contributed by atoms with van der Waals surface area (Å²) in [6.45, 7) is 3.07. The van der Waals surface area contributed by atoms with E-state index in [2.05, 4.69) is 26.5 Å². The molecule has 0 bridgehead atoms. The first kappa shape index (κ1) is 22.8. The summed E-state index contributed by atoms with van der Waals surface area (Å²) in [4.78, 5) is 12.4. The van der Waals surface area contributed by atoms with Gasteiger partial charge in [-0.2, -0.15) is 5.10 Å². The molecule has 0 spiro atoms. The van der Waals surface area contributed by atoms with E-state index < -0.39 is 0 Å². The zero-order valence-corrected chi connectivity index (χ0v) is 19.3. The predicted molar refractivity (Wildman–Crippen MR) is 127 cm³/mol. The highest BCUT2D eigenvalue weighted by molar-refractivity contribution is 9.10. The summed E-state index contributed by atoms with van der Waals surface area (Å²) < 4.78 is 12.4. The number of benzene rings is 3. The van der Waals surface area contributed by atoms with Gasteiger partial charge in [0, 0.05) is 20.6 Å². The van der Waals surface area contributed by atoms with Crippen LogP contribution >= 0.6 is 27.5 Å². The lowest BCUT2D eigenvalue weighted by Gasteiger charge is -2.08. The summed E-state index contributed by atoms with van der Waals surface area (Å²) in [7, 11) is 0. The molecule has 0 fully saturated rings. The number of hydrogen-bond acceptors (Lipinski definition) is 4. The number of nitrogens with zero attached hydrogens (tertiary/aromatic N) is 1. The summed E-state index contributed by atoms with van der Waals surface area (Å²) in [6, 6.07) is 20.0. The van der Waals surface area contributed by atoms with Crippen LogP contribution in [0.2, 0.25) is 5.02 Å². The van der Waals surface area contributed by atoms with E-state index in [0.29, 0.717) is 35.3 Å². The van der Waals surface area contributed by atoms with E-state index in [9.17, 15) is 4.79 Å². The summed E-state index contributed by atoms with van der Waals surface area (Å²) in [5, 5.41) is 4.75. The van der Waals surface area contributed by atoms with Gasteiger partial charge in [-0.1, -0.05) is 46.6 Å². The van der Waals surface area contributed by atoms with Gasteiger partial charge in [-0.15, -0.1) is 0 Å². The molecule has 3 aromatic carbocycles. The van der Waals surface area contributed by atoms with Crippen molar-refractivity contribution in [1.29, 1.82) is 0 Å². The predicted octanol–water partition coefficient (Wildman–Crippen LogP) is 6.23. The SMILES string of the molecule is CCCOc1ccc(Br)cc1/C=N\NC(=O)c1ccc(OCc2ccc(Cl)cc2)cc1. The Morgan fingerprint density at radius 3 is 2.52 bits per heavy atom. The number of ether oxygens (including phenoxy) is 2. The molecule has 3 aromatic rings. The summed E-state index contributed by atoms with van der Waals surface area (Å²) >= 11 is 9.32. The average molecular weight is 502 g/mol. The smallest absolute Gasteiger partial charge is 0.271 e. The van der Waals surface area contributed by atoms with E-state index >= 15 is 0 Å². The Morgan fingerprint density at radius 2 is 1.81 bits per heavy atom. The van der Waals surface area contributed by atoms with Gasteiger partial charge >= 0.3 is 0 Å². The van der Waals surface area contributed by atoms with E-state index in [-0.39, 0.29) is 5.91 Å². The number of hydrazone groups is 1. The largest absolute Gasteiger partial charge is 0.493 e. The van der Waals surface area contributed by atoms with Crippen molar-refractivity contribution >= 4 is 39.7 Å². The minimum atomic E-state index is -0.313. The molecule has 1 amide bonds. The van der Waals surface area contributed by atoms with E-state index in [4.69, 9.17) is 21.1 Å². The lowest BCUT2D eigenvalue weighted by Crippen LogP contribution is -2.17. The molecule has 0 aliphatic rings. The molecular weight excluding hydrogens is 480 g/mol. The van der Waals surface area contributed by atoms with Crippen molar-refractivity contribution < 1.29 is 14.3 Å². The Kier molecular flexibility index (Phi) is 8.50. The van der Waals surface area contributed by atoms with Crippen LogP contribution in [0.25, 0.3) is 0 Å². The molecule has 0 aliphatic carbocycles. The third kappa shape index (κ3) is 7.12. The Morgan fingerprint density at radius 1 is 1.06 bits per heavy atom. The number of carbonyl (C=O) groups is 1. The Hall–Kier alpha value is -2.83. The Labute approximate surface area is 195 Å². The standard InChI is InChI=1S/C24H22BrClN2O3/c1-2-13-30-23-12-7-20(25)14-19(23)15-27-28-24(29)18-5-10-22(11-6-18)31-16-17-3-8-21(26)9-4-17/h3-12,14-15H,2,13,16H2,1H3,(H,28,29)/b27-15-. The summed E-state index contributed by atoms with van der Waals surface area (Å²) in [5.41, 5.74) is 4.80. The van der Waals surface area contributed by atoms with E-state index in [0.717, 1.165) is 22.0 Å². The lowest BCUT2D eigenvalue weighted by atomic mass is 10.2. The van der Waals surface area contributed by atoms with Gasteiger partial charge in [-0.05, 0) is 66.6 Å². The maximum Gasteiger partial charge on any atom is 0.271 e. The van der Waals surface area contributed by atoms with Crippen molar-refractivity contribution in [2.75, 3.05) is 6.61 Å². The molecule has 0 radical (unpaired) electrons. The van der Waals surface area contributed by atoms with E-state index in [1.165, 1.54) is 0 Å². The van der Waals surface area contributed by atoms with Crippen LogP contribution in [-0.4, -0.2) is 18.7 Å². The van der Waals surface area contributed by atoms with Crippen LogP contribution < -0.4 is 14.9 Å². The Balaban J connectivity index is 1.56. The van der Waals surface area contributed by atoms with Crippen LogP contribution in [0.1, 0.15) is 34.8 Å². The monoisotopic (exact) mass is 500 g/mol. The number of rotatable bonds is 9. The second kappa shape index (κ2) is 11.5. The van der Waals surface area contributed by atoms with Crippen LogP contribution in [0.3, 0.4) is 0 Å². The summed E-state index contributed by atoms with van der Waals surface area (Å²) in [6.07, 6.45) is 2.47. The first-order valence-electron chi connectivity index (χ1n) is 9.78. The number of amides is 1. The molecule has 160 valence electrons. The number of nitrogens with one attached hydrogen (secondary N) is 1. The van der Waals surface area contributed by atoms with Crippen molar-refractivity contribution in [2.45, 2.75) is 20.0 Å².